The highest BCUT2D eigenvalue weighted by atomic mass is 16.6. The molecule has 1 aliphatic rings. The zero-order valence-corrected chi connectivity index (χ0v) is 24.2. The summed E-state index contributed by atoms with van der Waals surface area (Å²) in [4.78, 5) is 45.5. The SMILES string of the molecule is Cn1ncc(Oc2cccc(N(C(=O)OC(C)(C)C)[C@H]3C[C@@H](C(=O)O)N(C(=O)OC(C)(C)C)C3)n2)c1CCCN. The Morgan fingerprint density at radius 2 is 1.80 bits per heavy atom. The van der Waals surface area contributed by atoms with Gasteiger partial charge in [-0.2, -0.15) is 10.1 Å². The first-order valence-corrected chi connectivity index (χ1v) is 13.2. The van der Waals surface area contributed by atoms with Gasteiger partial charge in [0.05, 0.1) is 17.9 Å². The van der Waals surface area contributed by atoms with Crippen LogP contribution in [-0.2, 0) is 27.7 Å². The number of amides is 2. The maximum Gasteiger partial charge on any atom is 0.416 e. The normalized spacial score (nSPS) is 17.4. The number of aliphatic carboxylic acids is 1. The number of hydrogen-bond donors (Lipinski definition) is 2. The van der Waals surface area contributed by atoms with Crippen LogP contribution < -0.4 is 15.4 Å². The molecule has 0 saturated carbocycles. The summed E-state index contributed by atoms with van der Waals surface area (Å²) >= 11 is 0. The molecule has 220 valence electrons. The monoisotopic (exact) mass is 560 g/mol. The summed E-state index contributed by atoms with van der Waals surface area (Å²) in [6.45, 7) is 10.7. The number of carboxylic acids is 1. The Morgan fingerprint density at radius 1 is 1.12 bits per heavy atom. The van der Waals surface area contributed by atoms with Gasteiger partial charge in [0.25, 0.3) is 0 Å². The van der Waals surface area contributed by atoms with Crippen LogP contribution in [0.15, 0.2) is 24.4 Å². The number of carbonyl (C=O) groups is 3. The fraction of sp³-hybridized carbons (Fsp3) is 0.593. The van der Waals surface area contributed by atoms with Crippen molar-refractivity contribution in [1.29, 1.82) is 0 Å². The molecule has 3 N–H and O–H groups in total. The second-order valence-corrected chi connectivity index (χ2v) is 11.6. The van der Waals surface area contributed by atoms with Gasteiger partial charge in [0.15, 0.2) is 5.75 Å². The Kier molecular flexibility index (Phi) is 9.28. The first-order valence-electron chi connectivity index (χ1n) is 13.2. The van der Waals surface area contributed by atoms with Crippen molar-refractivity contribution in [2.24, 2.45) is 12.8 Å². The molecule has 0 radical (unpaired) electrons. The van der Waals surface area contributed by atoms with Gasteiger partial charge in [0, 0.05) is 26.1 Å². The number of nitrogens with zero attached hydrogens (tertiary/aromatic N) is 5. The van der Waals surface area contributed by atoms with E-state index in [2.05, 4.69) is 10.1 Å². The maximum absolute atomic E-state index is 13.5. The molecule has 13 heteroatoms. The first kappa shape index (κ1) is 30.7. The van der Waals surface area contributed by atoms with E-state index in [9.17, 15) is 19.5 Å². The third-order valence-electron chi connectivity index (χ3n) is 5.96. The number of aryl methyl sites for hydroxylation is 1. The number of pyridine rings is 1. The molecule has 1 fully saturated rings. The van der Waals surface area contributed by atoms with E-state index in [1.807, 2.05) is 7.05 Å². The number of ether oxygens (including phenoxy) is 3. The molecule has 2 aromatic rings. The molecule has 3 heterocycles. The Bertz CT molecular complexity index is 1220. The van der Waals surface area contributed by atoms with Gasteiger partial charge in [0.2, 0.25) is 5.88 Å². The van der Waals surface area contributed by atoms with Crippen molar-refractivity contribution in [3.05, 3.63) is 30.1 Å². The van der Waals surface area contributed by atoms with E-state index in [0.717, 1.165) is 17.0 Å². The Balaban J connectivity index is 1.96. The molecule has 13 nitrogen and oxygen atoms in total. The average Bonchev–Trinajstić information content (AvgIpc) is 3.40. The zero-order chi connectivity index (χ0) is 29.8. The fourth-order valence-corrected chi connectivity index (χ4v) is 4.29. The molecule has 2 aromatic heterocycles. The molecule has 0 aromatic carbocycles. The van der Waals surface area contributed by atoms with Crippen molar-refractivity contribution >= 4 is 24.0 Å². The number of carbonyl (C=O) groups excluding carboxylic acids is 2. The minimum Gasteiger partial charge on any atom is -0.480 e. The second-order valence-electron chi connectivity index (χ2n) is 11.6. The lowest BCUT2D eigenvalue weighted by atomic mass is 10.1. The van der Waals surface area contributed by atoms with Gasteiger partial charge < -0.3 is 25.1 Å². The van der Waals surface area contributed by atoms with Crippen LogP contribution in [0.4, 0.5) is 15.4 Å². The van der Waals surface area contributed by atoms with Crippen molar-refractivity contribution in [2.75, 3.05) is 18.0 Å². The standard InChI is InChI=1S/C27H40N6O7/c1-26(2,3)39-24(36)32-16-17(14-19(32)23(34)35)33(25(37)40-27(4,5)6)21-11-8-12-22(30-21)38-20-15-29-31(7)18(20)10-9-13-28/h8,11-12,15,17,19H,9-10,13-14,16,28H2,1-7H3,(H,34,35)/t17-,19-/m0/s1. The highest BCUT2D eigenvalue weighted by molar-refractivity contribution is 5.89. The molecular formula is C27H40N6O7. The predicted octanol–water partition coefficient (Wildman–Crippen LogP) is 3.70. The molecule has 0 aliphatic carbocycles. The summed E-state index contributed by atoms with van der Waals surface area (Å²) in [6, 6.07) is 2.94. The van der Waals surface area contributed by atoms with E-state index in [-0.39, 0.29) is 24.7 Å². The Labute approximate surface area is 234 Å². The topological polar surface area (TPSA) is 162 Å². The average molecular weight is 561 g/mol. The van der Waals surface area contributed by atoms with Crippen LogP contribution in [0.2, 0.25) is 0 Å². The molecule has 0 bridgehead atoms. The summed E-state index contributed by atoms with van der Waals surface area (Å²) in [6.07, 6.45) is 1.42. The lowest BCUT2D eigenvalue weighted by Crippen LogP contribution is -2.46. The highest BCUT2D eigenvalue weighted by Crippen LogP contribution is 2.32. The van der Waals surface area contributed by atoms with Crippen LogP contribution >= 0.6 is 0 Å². The van der Waals surface area contributed by atoms with Crippen molar-refractivity contribution in [3.63, 3.8) is 0 Å². The largest absolute Gasteiger partial charge is 0.480 e. The third kappa shape index (κ3) is 7.84. The Hall–Kier alpha value is -3.87. The highest BCUT2D eigenvalue weighted by Gasteiger charge is 2.46. The molecule has 3 rings (SSSR count). The molecule has 1 aliphatic heterocycles. The van der Waals surface area contributed by atoms with E-state index in [1.165, 1.54) is 4.90 Å². The first-order chi connectivity index (χ1) is 18.6. The summed E-state index contributed by atoms with van der Waals surface area (Å²) in [5.41, 5.74) is 4.84. The smallest absolute Gasteiger partial charge is 0.416 e. The lowest BCUT2D eigenvalue weighted by Gasteiger charge is -2.31. The number of carboxylic acid groups (broad SMARTS) is 1. The van der Waals surface area contributed by atoms with Gasteiger partial charge >= 0.3 is 18.2 Å². The van der Waals surface area contributed by atoms with E-state index in [4.69, 9.17) is 19.9 Å². The van der Waals surface area contributed by atoms with Gasteiger partial charge in [-0.05, 0) is 67.0 Å². The van der Waals surface area contributed by atoms with Crippen LogP contribution in [0.25, 0.3) is 0 Å². The molecular weight excluding hydrogens is 520 g/mol. The van der Waals surface area contributed by atoms with Gasteiger partial charge in [-0.25, -0.2) is 14.4 Å². The number of hydrogen-bond acceptors (Lipinski definition) is 9. The van der Waals surface area contributed by atoms with Crippen LogP contribution in [0.5, 0.6) is 11.6 Å². The maximum atomic E-state index is 13.5. The summed E-state index contributed by atoms with van der Waals surface area (Å²) < 4.78 is 18.9. The Morgan fingerprint density at radius 3 is 2.40 bits per heavy atom. The van der Waals surface area contributed by atoms with Crippen molar-refractivity contribution < 1.29 is 33.7 Å². The number of nitrogens with two attached hydrogens (primary N) is 1. The summed E-state index contributed by atoms with van der Waals surface area (Å²) in [5, 5.41) is 14.2. The summed E-state index contributed by atoms with van der Waals surface area (Å²) in [5.74, 6) is -0.319. The molecule has 0 unspecified atom stereocenters. The van der Waals surface area contributed by atoms with Crippen molar-refractivity contribution in [2.45, 2.75) is 84.1 Å². The van der Waals surface area contributed by atoms with E-state index >= 15 is 0 Å². The number of likely N-dealkylation sites (tertiary alicyclic amines) is 1. The number of rotatable bonds is 8. The van der Waals surface area contributed by atoms with Crippen LogP contribution in [0.1, 0.15) is 60.1 Å². The fourth-order valence-electron chi connectivity index (χ4n) is 4.29. The van der Waals surface area contributed by atoms with Gasteiger partial charge in [-0.3, -0.25) is 14.5 Å². The molecule has 1 saturated heterocycles. The van der Waals surface area contributed by atoms with Gasteiger partial charge in [-0.15, -0.1) is 0 Å². The minimum atomic E-state index is -1.20. The minimum absolute atomic E-state index is 0.0492. The second kappa shape index (κ2) is 12.1. The molecule has 40 heavy (non-hydrogen) atoms. The molecule has 2 amide bonds. The number of anilines is 1. The lowest BCUT2D eigenvalue weighted by molar-refractivity contribution is -0.142. The molecule has 2 atom stereocenters. The van der Waals surface area contributed by atoms with Crippen LogP contribution in [0, 0.1) is 0 Å². The predicted molar refractivity (Wildman–Crippen MR) is 146 cm³/mol. The quantitative estimate of drug-likeness (QED) is 0.487. The van der Waals surface area contributed by atoms with Crippen molar-refractivity contribution in [3.8, 4) is 11.6 Å². The van der Waals surface area contributed by atoms with E-state index < -0.39 is 41.4 Å². The zero-order valence-electron chi connectivity index (χ0n) is 24.2. The van der Waals surface area contributed by atoms with Crippen LogP contribution in [0.3, 0.4) is 0 Å². The van der Waals surface area contributed by atoms with Crippen molar-refractivity contribution in [1.82, 2.24) is 19.7 Å². The third-order valence-corrected chi connectivity index (χ3v) is 5.96. The number of aromatic nitrogens is 3. The van der Waals surface area contributed by atoms with Gasteiger partial charge in [-0.1, -0.05) is 6.07 Å². The van der Waals surface area contributed by atoms with E-state index in [0.29, 0.717) is 18.7 Å². The molecule has 0 spiro atoms. The van der Waals surface area contributed by atoms with Gasteiger partial charge in [0.1, 0.15) is 23.1 Å². The summed E-state index contributed by atoms with van der Waals surface area (Å²) in [7, 11) is 1.81. The van der Waals surface area contributed by atoms with Crippen LogP contribution in [-0.4, -0.2) is 79.3 Å². The van der Waals surface area contributed by atoms with E-state index in [1.54, 1.807) is 70.6 Å².